The molecule has 0 atom stereocenters. The first-order chi connectivity index (χ1) is 14.0. The van der Waals surface area contributed by atoms with Crippen molar-refractivity contribution in [1.82, 2.24) is 0 Å². The van der Waals surface area contributed by atoms with Gasteiger partial charge in [0, 0.05) is 11.3 Å². The molecule has 0 aliphatic rings. The van der Waals surface area contributed by atoms with E-state index in [1.807, 2.05) is 38.1 Å². The molecule has 5 nitrogen and oxygen atoms in total. The Morgan fingerprint density at radius 3 is 2.38 bits per heavy atom. The molecule has 0 saturated carbocycles. The average Bonchev–Trinajstić information content (AvgIpc) is 2.70. The van der Waals surface area contributed by atoms with Gasteiger partial charge in [0.1, 0.15) is 12.4 Å². The van der Waals surface area contributed by atoms with Gasteiger partial charge in [-0.15, -0.1) is 0 Å². The van der Waals surface area contributed by atoms with E-state index in [0.29, 0.717) is 40.4 Å². The van der Waals surface area contributed by atoms with Crippen LogP contribution < -0.4 is 14.8 Å². The maximum Gasteiger partial charge on any atom is 0.255 e. The van der Waals surface area contributed by atoms with Crippen LogP contribution in [-0.2, 0) is 6.61 Å². The van der Waals surface area contributed by atoms with Gasteiger partial charge in [0.2, 0.25) is 0 Å². The van der Waals surface area contributed by atoms with Crippen molar-refractivity contribution in [3.8, 4) is 17.2 Å². The van der Waals surface area contributed by atoms with Crippen LogP contribution in [0.25, 0.3) is 0 Å². The maximum atomic E-state index is 12.6. The van der Waals surface area contributed by atoms with Crippen LogP contribution in [-0.4, -0.2) is 17.6 Å². The number of ether oxygens (including phenoxy) is 2. The van der Waals surface area contributed by atoms with Crippen molar-refractivity contribution in [3.63, 3.8) is 0 Å². The summed E-state index contributed by atoms with van der Waals surface area (Å²) in [6.45, 7) is 4.74. The van der Waals surface area contributed by atoms with Crippen LogP contribution in [0.4, 0.5) is 5.69 Å². The first-order valence-corrected chi connectivity index (χ1v) is 10.0. The molecule has 6 heteroatoms. The van der Waals surface area contributed by atoms with Gasteiger partial charge in [-0.3, -0.25) is 4.79 Å². The van der Waals surface area contributed by atoms with Gasteiger partial charge < -0.3 is 19.9 Å². The summed E-state index contributed by atoms with van der Waals surface area (Å²) in [5.41, 5.74) is 3.24. The van der Waals surface area contributed by atoms with Crippen LogP contribution in [0.5, 0.6) is 17.2 Å². The van der Waals surface area contributed by atoms with E-state index in [-0.39, 0.29) is 11.7 Å². The number of hydrogen-bond donors (Lipinski definition) is 2. The number of anilines is 1. The number of carbonyl (C=O) groups is 1. The van der Waals surface area contributed by atoms with Crippen molar-refractivity contribution in [2.75, 3.05) is 11.9 Å². The predicted octanol–water partition coefficient (Wildman–Crippen LogP) is 5.69. The van der Waals surface area contributed by atoms with Crippen LogP contribution in [0.3, 0.4) is 0 Å². The van der Waals surface area contributed by atoms with Gasteiger partial charge in [0.25, 0.3) is 5.91 Å². The molecule has 3 aromatic carbocycles. The number of hydrogen-bond acceptors (Lipinski definition) is 4. The van der Waals surface area contributed by atoms with Gasteiger partial charge in [-0.05, 0) is 71.7 Å². The van der Waals surface area contributed by atoms with Gasteiger partial charge >= 0.3 is 0 Å². The quantitative estimate of drug-likeness (QED) is 0.448. The number of phenolic OH excluding ortho intramolecular Hbond substituents is 1. The number of carbonyl (C=O) groups excluding carboxylic acids is 1. The second-order valence-electron chi connectivity index (χ2n) is 6.49. The maximum absolute atomic E-state index is 12.6. The van der Waals surface area contributed by atoms with Crippen molar-refractivity contribution in [2.24, 2.45) is 0 Å². The molecule has 0 unspecified atom stereocenters. The lowest BCUT2D eigenvalue weighted by atomic mass is 10.1. The Balaban J connectivity index is 1.80. The van der Waals surface area contributed by atoms with Crippen LogP contribution in [0.15, 0.2) is 65.1 Å². The number of nitrogens with one attached hydrogen (secondary N) is 1. The highest BCUT2D eigenvalue weighted by atomic mass is 79.9. The molecular weight excluding hydrogens is 434 g/mol. The predicted molar refractivity (Wildman–Crippen MR) is 117 cm³/mol. The number of aryl methyl sites for hydroxylation is 1. The van der Waals surface area contributed by atoms with E-state index < -0.39 is 0 Å². The number of phenols is 1. The molecule has 0 radical (unpaired) electrons. The van der Waals surface area contributed by atoms with Crippen molar-refractivity contribution >= 4 is 27.5 Å². The molecule has 0 aromatic heterocycles. The fourth-order valence-corrected chi connectivity index (χ4v) is 3.25. The van der Waals surface area contributed by atoms with Crippen molar-refractivity contribution in [3.05, 3.63) is 81.8 Å². The van der Waals surface area contributed by atoms with Crippen LogP contribution in [0.2, 0.25) is 0 Å². The molecule has 3 aromatic rings. The summed E-state index contributed by atoms with van der Waals surface area (Å²) in [5.74, 6) is 0.889. The zero-order valence-electron chi connectivity index (χ0n) is 16.2. The van der Waals surface area contributed by atoms with E-state index in [4.69, 9.17) is 9.47 Å². The summed E-state index contributed by atoms with van der Waals surface area (Å²) in [5, 5.41) is 12.2. The van der Waals surface area contributed by atoms with E-state index >= 15 is 0 Å². The number of rotatable bonds is 7. The smallest absolute Gasteiger partial charge is 0.255 e. The van der Waals surface area contributed by atoms with Gasteiger partial charge in [0.15, 0.2) is 11.5 Å². The van der Waals surface area contributed by atoms with Gasteiger partial charge in [-0.1, -0.05) is 29.8 Å². The molecule has 2 N–H and O–H groups in total. The second-order valence-corrected chi connectivity index (χ2v) is 7.35. The lowest BCUT2D eigenvalue weighted by Gasteiger charge is -2.16. The summed E-state index contributed by atoms with van der Waals surface area (Å²) < 4.78 is 12.3. The zero-order valence-corrected chi connectivity index (χ0v) is 17.8. The monoisotopic (exact) mass is 455 g/mol. The lowest BCUT2D eigenvalue weighted by molar-refractivity contribution is 0.102. The molecular formula is C23H22BrNO4. The number of aromatic hydroxyl groups is 1. The highest BCUT2D eigenvalue weighted by molar-refractivity contribution is 9.10. The molecule has 29 heavy (non-hydrogen) atoms. The SMILES string of the molecule is CCOc1cc(C(=O)Nc2ccc(O)cc2)cc(Br)c1OCc1ccc(C)cc1. The van der Waals surface area contributed by atoms with Crippen LogP contribution in [0, 0.1) is 6.92 Å². The largest absolute Gasteiger partial charge is 0.508 e. The third-order valence-corrected chi connectivity index (χ3v) is 4.79. The molecule has 3 rings (SSSR count). The Morgan fingerprint density at radius 1 is 1.03 bits per heavy atom. The zero-order chi connectivity index (χ0) is 20.8. The average molecular weight is 456 g/mol. The van der Waals surface area contributed by atoms with E-state index in [2.05, 4.69) is 21.2 Å². The molecule has 0 spiro atoms. The molecule has 0 aliphatic carbocycles. The topological polar surface area (TPSA) is 67.8 Å². The Kier molecular flexibility index (Phi) is 6.77. The summed E-state index contributed by atoms with van der Waals surface area (Å²) in [7, 11) is 0. The van der Waals surface area contributed by atoms with E-state index in [1.54, 1.807) is 24.3 Å². The minimum absolute atomic E-state index is 0.138. The Bertz CT molecular complexity index is 985. The van der Waals surface area contributed by atoms with Crippen LogP contribution in [0.1, 0.15) is 28.4 Å². The molecule has 150 valence electrons. The summed E-state index contributed by atoms with van der Waals surface area (Å²) in [6, 6.07) is 17.7. The molecule has 0 heterocycles. The minimum Gasteiger partial charge on any atom is -0.508 e. The van der Waals surface area contributed by atoms with E-state index in [0.717, 1.165) is 5.56 Å². The fraction of sp³-hybridized carbons (Fsp3) is 0.174. The Morgan fingerprint density at radius 2 is 1.72 bits per heavy atom. The standard InChI is InChI=1S/C23H22BrNO4/c1-3-28-21-13-17(23(27)25-18-8-10-19(26)11-9-18)12-20(24)22(21)29-14-16-6-4-15(2)5-7-16/h4-13,26H,3,14H2,1-2H3,(H,25,27). The van der Waals surface area contributed by atoms with Gasteiger partial charge in [-0.25, -0.2) is 0 Å². The molecule has 0 bridgehead atoms. The molecule has 0 aliphatic heterocycles. The summed E-state index contributed by atoms with van der Waals surface area (Å²) in [6.07, 6.45) is 0. The van der Waals surface area contributed by atoms with Gasteiger partial charge in [0.05, 0.1) is 11.1 Å². The van der Waals surface area contributed by atoms with Crippen molar-refractivity contribution in [1.29, 1.82) is 0 Å². The molecule has 0 saturated heterocycles. The third-order valence-electron chi connectivity index (χ3n) is 4.20. The number of benzene rings is 3. The van der Waals surface area contributed by atoms with E-state index in [1.165, 1.54) is 17.7 Å². The second kappa shape index (κ2) is 9.47. The first-order valence-electron chi connectivity index (χ1n) is 9.21. The lowest BCUT2D eigenvalue weighted by Crippen LogP contribution is -2.12. The molecule has 1 amide bonds. The fourth-order valence-electron chi connectivity index (χ4n) is 2.69. The third kappa shape index (κ3) is 5.51. The van der Waals surface area contributed by atoms with Crippen molar-refractivity contribution < 1.29 is 19.4 Å². The Hall–Kier alpha value is -2.99. The highest BCUT2D eigenvalue weighted by Gasteiger charge is 2.16. The first kappa shape index (κ1) is 20.7. The number of halogens is 1. The van der Waals surface area contributed by atoms with E-state index in [9.17, 15) is 9.90 Å². The highest BCUT2D eigenvalue weighted by Crippen LogP contribution is 2.37. The molecule has 0 fully saturated rings. The minimum atomic E-state index is -0.289. The van der Waals surface area contributed by atoms with Gasteiger partial charge in [-0.2, -0.15) is 0 Å². The van der Waals surface area contributed by atoms with Crippen LogP contribution >= 0.6 is 15.9 Å². The summed E-state index contributed by atoms with van der Waals surface area (Å²) >= 11 is 3.50. The number of amides is 1. The Labute approximate surface area is 178 Å². The van der Waals surface area contributed by atoms with Crippen molar-refractivity contribution in [2.45, 2.75) is 20.5 Å². The normalized spacial score (nSPS) is 10.4. The summed E-state index contributed by atoms with van der Waals surface area (Å²) in [4.78, 5) is 12.6.